The third-order valence-corrected chi connectivity index (χ3v) is 5.84. The van der Waals surface area contributed by atoms with Gasteiger partial charge in [-0.3, -0.25) is 5.84 Å². The van der Waals surface area contributed by atoms with Gasteiger partial charge in [0.05, 0.1) is 30.8 Å². The van der Waals surface area contributed by atoms with E-state index >= 15 is 0 Å². The highest BCUT2D eigenvalue weighted by atomic mass is 32.2. The smallest absolute Gasteiger partial charge is 0.244 e. The largest absolute Gasteiger partial charge is 0.395 e. The number of rotatable bonds is 4. The van der Waals surface area contributed by atoms with Crippen LogP contribution in [0.2, 0.25) is 0 Å². The molecule has 1 saturated heterocycles. The number of ether oxygens (including phenoxy) is 1. The Bertz CT molecular complexity index is 595. The van der Waals surface area contributed by atoms with Crippen LogP contribution < -0.4 is 11.3 Å². The molecule has 21 heavy (non-hydrogen) atoms. The third kappa shape index (κ3) is 3.04. The van der Waals surface area contributed by atoms with Crippen LogP contribution in [0.1, 0.15) is 11.1 Å². The highest BCUT2D eigenvalue weighted by molar-refractivity contribution is 7.89. The van der Waals surface area contributed by atoms with E-state index in [1.165, 1.54) is 4.31 Å². The summed E-state index contributed by atoms with van der Waals surface area (Å²) in [6, 6.07) is 2.83. The number of nitrogen functional groups attached to an aromatic ring is 1. The molecule has 1 heterocycles. The topological polar surface area (TPSA) is 105 Å². The number of hydrogen-bond acceptors (Lipinski definition) is 6. The molecule has 0 radical (unpaired) electrons. The molecule has 1 atom stereocenters. The van der Waals surface area contributed by atoms with Crippen LogP contribution >= 0.6 is 0 Å². The number of nitrogens with two attached hydrogens (primary N) is 1. The number of aliphatic hydroxyl groups excluding tert-OH is 1. The SMILES string of the molecule is Cc1cc(NN)cc(C)c1S(=O)(=O)N1CCOCC1CO. The number of aryl methyl sites for hydroxylation is 2. The van der Waals surface area contributed by atoms with Gasteiger partial charge in [-0.05, 0) is 37.1 Å². The summed E-state index contributed by atoms with van der Waals surface area (Å²) in [7, 11) is -3.68. The quantitative estimate of drug-likeness (QED) is 0.532. The van der Waals surface area contributed by atoms with Gasteiger partial charge in [0.1, 0.15) is 0 Å². The minimum atomic E-state index is -3.68. The molecular weight excluding hydrogens is 294 g/mol. The highest BCUT2D eigenvalue weighted by Gasteiger charge is 2.35. The molecule has 0 aliphatic carbocycles. The average Bonchev–Trinajstić information content (AvgIpc) is 2.46. The number of hydrazine groups is 1. The van der Waals surface area contributed by atoms with E-state index in [2.05, 4.69) is 5.43 Å². The van der Waals surface area contributed by atoms with Crippen molar-refractivity contribution < 1.29 is 18.3 Å². The standard InChI is InChI=1S/C13H21N3O4S/c1-9-5-11(15-14)6-10(2)13(9)21(18,19)16-3-4-20-8-12(16)7-17/h5-6,12,15,17H,3-4,7-8,14H2,1-2H3. The molecule has 0 amide bonds. The van der Waals surface area contributed by atoms with Crippen molar-refractivity contribution in [3.8, 4) is 0 Å². The lowest BCUT2D eigenvalue weighted by Crippen LogP contribution is -2.50. The van der Waals surface area contributed by atoms with Crippen molar-refractivity contribution >= 4 is 15.7 Å². The lowest BCUT2D eigenvalue weighted by atomic mass is 10.1. The Hall–Kier alpha value is -1.19. The molecule has 0 bridgehead atoms. The van der Waals surface area contributed by atoms with E-state index in [1.807, 2.05) is 0 Å². The van der Waals surface area contributed by atoms with Gasteiger partial charge in [-0.2, -0.15) is 4.31 Å². The van der Waals surface area contributed by atoms with Crippen LogP contribution in [0.5, 0.6) is 0 Å². The van der Waals surface area contributed by atoms with Gasteiger partial charge in [0.25, 0.3) is 0 Å². The van der Waals surface area contributed by atoms with E-state index in [0.717, 1.165) is 0 Å². The first-order valence-corrected chi connectivity index (χ1v) is 8.14. The van der Waals surface area contributed by atoms with Gasteiger partial charge < -0.3 is 15.3 Å². The van der Waals surface area contributed by atoms with E-state index < -0.39 is 16.1 Å². The van der Waals surface area contributed by atoms with Crippen molar-refractivity contribution in [3.05, 3.63) is 23.3 Å². The van der Waals surface area contributed by atoms with Crippen molar-refractivity contribution in [1.82, 2.24) is 4.31 Å². The summed E-state index contributed by atoms with van der Waals surface area (Å²) in [4.78, 5) is 0.266. The maximum atomic E-state index is 12.9. The van der Waals surface area contributed by atoms with E-state index in [0.29, 0.717) is 23.4 Å². The van der Waals surface area contributed by atoms with E-state index in [1.54, 1.807) is 26.0 Å². The number of morpholine rings is 1. The monoisotopic (exact) mass is 315 g/mol. The first-order valence-electron chi connectivity index (χ1n) is 6.70. The van der Waals surface area contributed by atoms with E-state index in [4.69, 9.17) is 10.6 Å². The molecule has 1 unspecified atom stereocenters. The summed E-state index contributed by atoms with van der Waals surface area (Å²) in [5, 5.41) is 9.38. The predicted molar refractivity (Wildman–Crippen MR) is 79.3 cm³/mol. The molecule has 1 fully saturated rings. The Morgan fingerprint density at radius 3 is 2.57 bits per heavy atom. The van der Waals surface area contributed by atoms with Crippen LogP contribution in [0.25, 0.3) is 0 Å². The second-order valence-electron chi connectivity index (χ2n) is 5.11. The van der Waals surface area contributed by atoms with Gasteiger partial charge in [-0.25, -0.2) is 8.42 Å². The minimum Gasteiger partial charge on any atom is -0.395 e. The summed E-state index contributed by atoms with van der Waals surface area (Å²) in [6.45, 7) is 3.97. The molecule has 1 aromatic rings. The second kappa shape index (κ2) is 6.29. The van der Waals surface area contributed by atoms with Crippen LogP contribution in [0.15, 0.2) is 17.0 Å². The number of nitrogens with zero attached hydrogens (tertiary/aromatic N) is 1. The van der Waals surface area contributed by atoms with Gasteiger partial charge in [-0.1, -0.05) is 0 Å². The van der Waals surface area contributed by atoms with Gasteiger partial charge >= 0.3 is 0 Å². The molecule has 8 heteroatoms. The number of anilines is 1. The molecule has 0 aromatic heterocycles. The zero-order valence-electron chi connectivity index (χ0n) is 12.2. The number of sulfonamides is 1. The number of hydrogen-bond donors (Lipinski definition) is 3. The van der Waals surface area contributed by atoms with Gasteiger partial charge in [0.15, 0.2) is 0 Å². The summed E-state index contributed by atoms with van der Waals surface area (Å²) < 4.78 is 32.4. The summed E-state index contributed by atoms with van der Waals surface area (Å²) >= 11 is 0. The maximum absolute atomic E-state index is 12.9. The van der Waals surface area contributed by atoms with Crippen molar-refractivity contribution in [2.45, 2.75) is 24.8 Å². The van der Waals surface area contributed by atoms with E-state index in [-0.39, 0.29) is 24.7 Å². The Morgan fingerprint density at radius 2 is 2.05 bits per heavy atom. The normalized spacial score (nSPS) is 20.5. The summed E-state index contributed by atoms with van der Waals surface area (Å²) in [5.74, 6) is 5.37. The Morgan fingerprint density at radius 1 is 1.43 bits per heavy atom. The zero-order valence-corrected chi connectivity index (χ0v) is 13.0. The maximum Gasteiger partial charge on any atom is 0.244 e. The molecule has 0 spiro atoms. The lowest BCUT2D eigenvalue weighted by Gasteiger charge is -2.34. The molecule has 1 aliphatic heterocycles. The van der Waals surface area contributed by atoms with Crippen LogP contribution in [0, 0.1) is 13.8 Å². The molecule has 1 aromatic carbocycles. The van der Waals surface area contributed by atoms with Gasteiger partial charge in [-0.15, -0.1) is 0 Å². The van der Waals surface area contributed by atoms with Crippen LogP contribution in [-0.4, -0.2) is 50.2 Å². The fourth-order valence-corrected chi connectivity index (χ4v) is 4.66. The molecule has 2 rings (SSSR count). The Labute approximate surface area is 124 Å². The molecule has 7 nitrogen and oxygen atoms in total. The van der Waals surface area contributed by atoms with Gasteiger partial charge in [0.2, 0.25) is 10.0 Å². The molecule has 4 N–H and O–H groups in total. The molecule has 1 aliphatic rings. The van der Waals surface area contributed by atoms with Crippen LogP contribution in [-0.2, 0) is 14.8 Å². The number of nitrogens with one attached hydrogen (secondary N) is 1. The predicted octanol–water partition coefficient (Wildman–Crippen LogP) is -0.0292. The second-order valence-corrected chi connectivity index (χ2v) is 6.94. The van der Waals surface area contributed by atoms with Crippen LogP contribution in [0.4, 0.5) is 5.69 Å². The first kappa shape index (κ1) is 16.2. The Kier molecular flexibility index (Phi) is 4.84. The van der Waals surface area contributed by atoms with Crippen molar-refractivity contribution in [3.63, 3.8) is 0 Å². The first-order chi connectivity index (χ1) is 9.91. The minimum absolute atomic E-state index is 0.205. The number of aliphatic hydroxyl groups is 1. The van der Waals surface area contributed by atoms with Crippen molar-refractivity contribution in [2.75, 3.05) is 31.8 Å². The van der Waals surface area contributed by atoms with E-state index in [9.17, 15) is 13.5 Å². The number of benzene rings is 1. The summed E-state index contributed by atoms with van der Waals surface area (Å²) in [6.07, 6.45) is 0. The Balaban J connectivity index is 2.48. The molecule has 0 saturated carbocycles. The van der Waals surface area contributed by atoms with Gasteiger partial charge in [0, 0.05) is 12.2 Å². The van der Waals surface area contributed by atoms with Crippen molar-refractivity contribution in [1.29, 1.82) is 0 Å². The fraction of sp³-hybridized carbons (Fsp3) is 0.538. The van der Waals surface area contributed by atoms with Crippen LogP contribution in [0.3, 0.4) is 0 Å². The highest BCUT2D eigenvalue weighted by Crippen LogP contribution is 2.28. The average molecular weight is 315 g/mol. The third-order valence-electron chi connectivity index (χ3n) is 3.58. The molecular formula is C13H21N3O4S. The van der Waals surface area contributed by atoms with Crippen molar-refractivity contribution in [2.24, 2.45) is 5.84 Å². The lowest BCUT2D eigenvalue weighted by molar-refractivity contribution is 0.0109. The fourth-order valence-electron chi connectivity index (χ4n) is 2.66. The molecule has 118 valence electrons. The summed E-state index contributed by atoms with van der Waals surface area (Å²) in [5.41, 5.74) is 4.41. The zero-order chi connectivity index (χ0) is 15.6.